The van der Waals surface area contributed by atoms with Crippen LogP contribution in [-0.2, 0) is 0 Å². The van der Waals surface area contributed by atoms with Crippen LogP contribution in [0.5, 0.6) is 0 Å². The van der Waals surface area contributed by atoms with Gasteiger partial charge in [-0.25, -0.2) is 0 Å². The zero-order valence-electron chi connectivity index (χ0n) is 6.34. The molecule has 5 heteroatoms. The fourth-order valence-corrected chi connectivity index (χ4v) is 0.914. The maximum absolute atomic E-state index is 11.2. The highest BCUT2D eigenvalue weighted by atomic mass is 32.1. The summed E-state index contributed by atoms with van der Waals surface area (Å²) in [6.45, 7) is 3.52. The quantitative estimate of drug-likeness (QED) is 0.535. The van der Waals surface area contributed by atoms with E-state index in [9.17, 15) is 4.79 Å². The van der Waals surface area contributed by atoms with Gasteiger partial charge in [0, 0.05) is 11.3 Å². The van der Waals surface area contributed by atoms with Crippen molar-refractivity contribution in [2.75, 3.05) is 0 Å². The van der Waals surface area contributed by atoms with Crippen LogP contribution in [0.15, 0.2) is 4.79 Å². The summed E-state index contributed by atoms with van der Waals surface area (Å²) in [6, 6.07) is 0. The van der Waals surface area contributed by atoms with E-state index in [1.807, 2.05) is 0 Å². The van der Waals surface area contributed by atoms with Crippen LogP contribution in [0, 0.1) is 13.8 Å². The molecule has 0 saturated carbocycles. The number of aromatic nitrogens is 2. The van der Waals surface area contributed by atoms with Gasteiger partial charge >= 0.3 is 0 Å². The molecule has 4 nitrogen and oxygen atoms in total. The van der Waals surface area contributed by atoms with Crippen molar-refractivity contribution in [3.8, 4) is 0 Å². The zero-order valence-corrected chi connectivity index (χ0v) is 7.16. The first-order valence-electron chi connectivity index (χ1n) is 3.12. The first-order chi connectivity index (χ1) is 5.04. The Morgan fingerprint density at radius 1 is 1.64 bits per heavy atom. The maximum Gasteiger partial charge on any atom is 0.276 e. The summed E-state index contributed by atoms with van der Waals surface area (Å²) in [5.41, 5.74) is 6.53. The molecule has 0 fully saturated rings. The Balaban J connectivity index is 3.42. The molecule has 0 amide bonds. The lowest BCUT2D eigenvalue weighted by atomic mass is 10.3. The van der Waals surface area contributed by atoms with Gasteiger partial charge in [-0.3, -0.25) is 9.89 Å². The molecule has 0 bridgehead atoms. The number of hydrogen-bond acceptors (Lipinski definition) is 2. The van der Waals surface area contributed by atoms with Gasteiger partial charge in [0.2, 0.25) is 0 Å². The highest BCUT2D eigenvalue weighted by molar-refractivity contribution is 7.80. The SMILES string of the molecule is Cc1[nH]n(C(N)=S)c(=O)c1C. The molecule has 0 aliphatic heterocycles. The Morgan fingerprint density at radius 2 is 2.18 bits per heavy atom. The molecule has 0 radical (unpaired) electrons. The summed E-state index contributed by atoms with van der Waals surface area (Å²) < 4.78 is 1.15. The lowest BCUT2D eigenvalue weighted by Crippen LogP contribution is -2.30. The van der Waals surface area contributed by atoms with E-state index in [4.69, 9.17) is 5.73 Å². The molecule has 1 heterocycles. The van der Waals surface area contributed by atoms with E-state index in [2.05, 4.69) is 17.3 Å². The summed E-state index contributed by atoms with van der Waals surface area (Å²) in [4.78, 5) is 11.2. The molecule has 3 N–H and O–H groups in total. The van der Waals surface area contributed by atoms with Crippen LogP contribution in [0.4, 0.5) is 0 Å². The summed E-state index contributed by atoms with van der Waals surface area (Å²) in [7, 11) is 0. The van der Waals surface area contributed by atoms with Crippen LogP contribution in [0.3, 0.4) is 0 Å². The topological polar surface area (TPSA) is 63.8 Å². The van der Waals surface area contributed by atoms with Crippen molar-refractivity contribution in [3.05, 3.63) is 21.6 Å². The average molecular weight is 171 g/mol. The number of hydrogen-bond donors (Lipinski definition) is 2. The van der Waals surface area contributed by atoms with E-state index in [1.54, 1.807) is 13.8 Å². The van der Waals surface area contributed by atoms with Crippen LogP contribution in [0.2, 0.25) is 0 Å². The second-order valence-electron chi connectivity index (χ2n) is 2.34. The van der Waals surface area contributed by atoms with Crippen molar-refractivity contribution < 1.29 is 0 Å². The third kappa shape index (κ3) is 1.19. The standard InChI is InChI=1S/C6H9N3OS/c1-3-4(2)8-9(5(3)10)6(7)11/h8H,1-2H3,(H2,7,11). The van der Waals surface area contributed by atoms with Crippen molar-refractivity contribution in [2.24, 2.45) is 5.73 Å². The van der Waals surface area contributed by atoms with Crippen LogP contribution in [0.25, 0.3) is 0 Å². The van der Waals surface area contributed by atoms with Crippen molar-refractivity contribution in [1.29, 1.82) is 0 Å². The first-order valence-corrected chi connectivity index (χ1v) is 3.53. The van der Waals surface area contributed by atoms with E-state index in [-0.39, 0.29) is 10.7 Å². The Kier molecular flexibility index (Phi) is 1.82. The van der Waals surface area contributed by atoms with E-state index in [0.717, 1.165) is 10.4 Å². The molecule has 1 rings (SSSR count). The summed E-state index contributed by atoms with van der Waals surface area (Å²) in [5.74, 6) is 0. The molecule has 60 valence electrons. The van der Waals surface area contributed by atoms with E-state index < -0.39 is 0 Å². The van der Waals surface area contributed by atoms with Gasteiger partial charge in [-0.1, -0.05) is 0 Å². The molecular formula is C6H9N3OS. The van der Waals surface area contributed by atoms with Gasteiger partial charge in [0.15, 0.2) is 5.11 Å². The van der Waals surface area contributed by atoms with Gasteiger partial charge in [-0.05, 0) is 26.1 Å². The van der Waals surface area contributed by atoms with Gasteiger partial charge in [-0.15, -0.1) is 0 Å². The fourth-order valence-electron chi connectivity index (χ4n) is 0.786. The Morgan fingerprint density at radius 3 is 2.36 bits per heavy atom. The number of nitrogens with two attached hydrogens (primary N) is 1. The lowest BCUT2D eigenvalue weighted by molar-refractivity contribution is 0.889. The summed E-state index contributed by atoms with van der Waals surface area (Å²) in [6.07, 6.45) is 0. The molecule has 0 spiro atoms. The molecule has 0 atom stereocenters. The largest absolute Gasteiger partial charge is 0.374 e. The monoisotopic (exact) mass is 171 g/mol. The highest BCUT2D eigenvalue weighted by Gasteiger charge is 2.06. The third-order valence-electron chi connectivity index (χ3n) is 1.59. The van der Waals surface area contributed by atoms with Crippen LogP contribution < -0.4 is 11.3 Å². The van der Waals surface area contributed by atoms with Gasteiger partial charge < -0.3 is 5.73 Å². The minimum atomic E-state index is -0.171. The Labute approximate surface area is 69.0 Å². The molecule has 11 heavy (non-hydrogen) atoms. The van der Waals surface area contributed by atoms with E-state index in [1.165, 1.54) is 0 Å². The Hall–Kier alpha value is -1.10. The van der Waals surface area contributed by atoms with E-state index >= 15 is 0 Å². The van der Waals surface area contributed by atoms with Gasteiger partial charge in [0.1, 0.15) is 0 Å². The summed E-state index contributed by atoms with van der Waals surface area (Å²) in [5, 5.41) is 2.80. The molecule has 1 aromatic rings. The molecule has 1 aromatic heterocycles. The van der Waals surface area contributed by atoms with Crippen LogP contribution >= 0.6 is 12.2 Å². The number of nitrogens with zero attached hydrogens (tertiary/aromatic N) is 1. The second kappa shape index (κ2) is 2.50. The zero-order chi connectivity index (χ0) is 8.59. The minimum Gasteiger partial charge on any atom is -0.374 e. The van der Waals surface area contributed by atoms with Crippen molar-refractivity contribution in [1.82, 2.24) is 9.78 Å². The maximum atomic E-state index is 11.2. The molecular weight excluding hydrogens is 162 g/mol. The number of rotatable bonds is 0. The van der Waals surface area contributed by atoms with E-state index in [0.29, 0.717) is 5.56 Å². The van der Waals surface area contributed by atoms with Crippen molar-refractivity contribution in [3.63, 3.8) is 0 Å². The van der Waals surface area contributed by atoms with Crippen LogP contribution in [-0.4, -0.2) is 14.9 Å². The smallest absolute Gasteiger partial charge is 0.276 e. The number of aromatic amines is 1. The van der Waals surface area contributed by atoms with Crippen molar-refractivity contribution in [2.45, 2.75) is 13.8 Å². The van der Waals surface area contributed by atoms with Gasteiger partial charge in [-0.2, -0.15) is 4.68 Å². The van der Waals surface area contributed by atoms with Gasteiger partial charge in [0.05, 0.1) is 0 Å². The number of nitrogens with one attached hydrogen (secondary N) is 1. The minimum absolute atomic E-state index is 0.0474. The van der Waals surface area contributed by atoms with Crippen molar-refractivity contribution >= 4 is 17.3 Å². The first kappa shape index (κ1) is 8.00. The molecule has 0 aliphatic carbocycles. The molecule has 0 aromatic carbocycles. The predicted molar refractivity (Wildman–Crippen MR) is 46.7 cm³/mol. The van der Waals surface area contributed by atoms with Gasteiger partial charge in [0.25, 0.3) is 5.56 Å². The number of thiocarbonyl (C=S) groups is 1. The van der Waals surface area contributed by atoms with Crippen LogP contribution in [0.1, 0.15) is 11.3 Å². The molecule has 0 unspecified atom stereocenters. The highest BCUT2D eigenvalue weighted by Crippen LogP contribution is 1.94. The normalized spacial score (nSPS) is 10.0. The number of aryl methyl sites for hydroxylation is 1. The fraction of sp³-hybridized carbons (Fsp3) is 0.333. The average Bonchev–Trinajstić information content (AvgIpc) is 2.17. The lowest BCUT2D eigenvalue weighted by Gasteiger charge is -1.93. The predicted octanol–water partition coefficient (Wildman–Crippen LogP) is -0.115. The second-order valence-corrected chi connectivity index (χ2v) is 2.76. The number of H-pyrrole nitrogens is 1. The third-order valence-corrected chi connectivity index (χ3v) is 1.77. The molecule has 0 saturated heterocycles. The molecule has 0 aliphatic rings. The summed E-state index contributed by atoms with van der Waals surface area (Å²) >= 11 is 4.63. The Bertz CT molecular complexity index is 349.